The van der Waals surface area contributed by atoms with Crippen molar-refractivity contribution in [2.24, 2.45) is 0 Å². The fourth-order valence-electron chi connectivity index (χ4n) is 2.95. The van der Waals surface area contributed by atoms with Gasteiger partial charge in [0.2, 0.25) is 0 Å². The summed E-state index contributed by atoms with van der Waals surface area (Å²) in [4.78, 5) is 21.5. The number of aryl methyl sites for hydroxylation is 1. The molecule has 0 saturated carbocycles. The van der Waals surface area contributed by atoms with Gasteiger partial charge in [0.15, 0.2) is 11.5 Å². The zero-order valence-corrected chi connectivity index (χ0v) is 16.0. The second kappa shape index (κ2) is 7.75. The van der Waals surface area contributed by atoms with Gasteiger partial charge in [0.1, 0.15) is 18.2 Å². The van der Waals surface area contributed by atoms with Crippen LogP contribution in [-0.4, -0.2) is 33.0 Å². The van der Waals surface area contributed by atoms with Crippen LogP contribution in [0.1, 0.15) is 27.6 Å². The Bertz CT molecular complexity index is 1150. The fourth-order valence-corrected chi connectivity index (χ4v) is 2.95. The highest BCUT2D eigenvalue weighted by Gasteiger charge is 2.18. The predicted molar refractivity (Wildman–Crippen MR) is 104 cm³/mol. The van der Waals surface area contributed by atoms with Gasteiger partial charge in [-0.1, -0.05) is 5.16 Å². The molecule has 0 aliphatic heterocycles. The minimum atomic E-state index is -0.300. The van der Waals surface area contributed by atoms with E-state index in [0.717, 1.165) is 22.3 Å². The average Bonchev–Trinajstić information content (AvgIpc) is 3.33. The third kappa shape index (κ3) is 4.26. The summed E-state index contributed by atoms with van der Waals surface area (Å²) in [6.07, 6.45) is 1.62. The standard InChI is InChI=1S/C21H19FN4O3/c1-13-3-5-17(10-23-13)28-12-18-9-20(25-29-18)21(27)26(2)11-16-8-14-7-15(22)4-6-19(14)24-16/h3-10,24H,11-12H2,1-2H3. The number of carbonyl (C=O) groups excluding carboxylic acids is 1. The van der Waals surface area contributed by atoms with E-state index in [9.17, 15) is 9.18 Å². The van der Waals surface area contributed by atoms with Gasteiger partial charge in [-0.25, -0.2) is 4.39 Å². The molecule has 0 radical (unpaired) electrons. The molecule has 0 spiro atoms. The van der Waals surface area contributed by atoms with Crippen molar-refractivity contribution in [1.82, 2.24) is 20.0 Å². The summed E-state index contributed by atoms with van der Waals surface area (Å²) >= 11 is 0. The summed E-state index contributed by atoms with van der Waals surface area (Å²) in [6.45, 7) is 2.36. The van der Waals surface area contributed by atoms with Crippen LogP contribution in [0, 0.1) is 12.7 Å². The Labute approximate surface area is 166 Å². The lowest BCUT2D eigenvalue weighted by molar-refractivity contribution is 0.0773. The number of nitrogens with one attached hydrogen (secondary N) is 1. The van der Waals surface area contributed by atoms with Gasteiger partial charge in [0.05, 0.1) is 12.7 Å². The topological polar surface area (TPSA) is 84.2 Å². The number of amides is 1. The second-order valence-electron chi connectivity index (χ2n) is 6.79. The molecule has 3 heterocycles. The number of fused-ring (bicyclic) bond motifs is 1. The number of pyridine rings is 1. The van der Waals surface area contributed by atoms with E-state index < -0.39 is 0 Å². The van der Waals surface area contributed by atoms with Gasteiger partial charge in [-0.3, -0.25) is 9.78 Å². The Morgan fingerprint density at radius 2 is 2.10 bits per heavy atom. The Hall–Kier alpha value is -3.68. The van der Waals surface area contributed by atoms with Crippen LogP contribution in [0.2, 0.25) is 0 Å². The van der Waals surface area contributed by atoms with Crippen molar-refractivity contribution in [2.75, 3.05) is 7.05 Å². The normalized spacial score (nSPS) is 11.0. The second-order valence-corrected chi connectivity index (χ2v) is 6.79. The lowest BCUT2D eigenvalue weighted by Gasteiger charge is -2.14. The number of nitrogens with zero attached hydrogens (tertiary/aromatic N) is 3. The van der Waals surface area contributed by atoms with E-state index in [-0.39, 0.29) is 24.0 Å². The van der Waals surface area contributed by atoms with Gasteiger partial charge in [-0.2, -0.15) is 0 Å². The molecule has 0 fully saturated rings. The van der Waals surface area contributed by atoms with E-state index in [1.807, 2.05) is 25.1 Å². The summed E-state index contributed by atoms with van der Waals surface area (Å²) in [5.74, 6) is 0.448. The molecule has 8 heteroatoms. The van der Waals surface area contributed by atoms with Crippen LogP contribution < -0.4 is 4.74 Å². The maximum absolute atomic E-state index is 13.3. The third-order valence-electron chi connectivity index (χ3n) is 4.44. The first-order valence-corrected chi connectivity index (χ1v) is 9.01. The first kappa shape index (κ1) is 18.7. The molecule has 4 rings (SSSR count). The van der Waals surface area contributed by atoms with E-state index in [1.165, 1.54) is 17.0 Å². The molecule has 1 N–H and O–H groups in total. The highest BCUT2D eigenvalue weighted by atomic mass is 19.1. The van der Waals surface area contributed by atoms with E-state index in [4.69, 9.17) is 9.26 Å². The van der Waals surface area contributed by atoms with Gasteiger partial charge in [0, 0.05) is 35.4 Å². The Balaban J connectivity index is 1.38. The zero-order valence-electron chi connectivity index (χ0n) is 16.0. The van der Waals surface area contributed by atoms with Gasteiger partial charge < -0.3 is 19.1 Å². The molecule has 3 aromatic heterocycles. The number of hydrogen-bond donors (Lipinski definition) is 1. The minimum Gasteiger partial charge on any atom is -0.484 e. The number of ether oxygens (including phenoxy) is 1. The summed E-state index contributed by atoms with van der Waals surface area (Å²) in [7, 11) is 1.66. The minimum absolute atomic E-state index is 0.141. The first-order valence-electron chi connectivity index (χ1n) is 9.01. The highest BCUT2D eigenvalue weighted by molar-refractivity contribution is 5.92. The Morgan fingerprint density at radius 1 is 1.24 bits per heavy atom. The number of hydrogen-bond acceptors (Lipinski definition) is 5. The molecule has 7 nitrogen and oxygen atoms in total. The van der Waals surface area contributed by atoms with Gasteiger partial charge >= 0.3 is 0 Å². The number of carbonyl (C=O) groups is 1. The Kier molecular flexibility index (Phi) is 4.99. The number of halogens is 1. The Morgan fingerprint density at radius 3 is 2.90 bits per heavy atom. The van der Waals surface area contributed by atoms with Crippen LogP contribution >= 0.6 is 0 Å². The number of aromatic nitrogens is 3. The maximum Gasteiger partial charge on any atom is 0.276 e. The zero-order chi connectivity index (χ0) is 20.4. The van der Waals surface area contributed by atoms with Crippen LogP contribution in [0.25, 0.3) is 10.9 Å². The van der Waals surface area contributed by atoms with E-state index >= 15 is 0 Å². The van der Waals surface area contributed by atoms with Gasteiger partial charge in [-0.05, 0) is 43.3 Å². The largest absolute Gasteiger partial charge is 0.484 e. The monoisotopic (exact) mass is 394 g/mol. The molecule has 0 aliphatic rings. The summed E-state index contributed by atoms with van der Waals surface area (Å²) in [6, 6.07) is 11.5. The highest BCUT2D eigenvalue weighted by Crippen LogP contribution is 2.18. The van der Waals surface area contributed by atoms with Gasteiger partial charge in [0.25, 0.3) is 5.91 Å². The smallest absolute Gasteiger partial charge is 0.276 e. The number of benzene rings is 1. The lowest BCUT2D eigenvalue weighted by Crippen LogP contribution is -2.26. The van der Waals surface area contributed by atoms with Crippen LogP contribution in [-0.2, 0) is 13.2 Å². The van der Waals surface area contributed by atoms with Crippen LogP contribution in [0.3, 0.4) is 0 Å². The van der Waals surface area contributed by atoms with E-state index in [1.54, 1.807) is 25.4 Å². The summed E-state index contributed by atoms with van der Waals surface area (Å²) in [5.41, 5.74) is 2.69. The molecule has 29 heavy (non-hydrogen) atoms. The predicted octanol–water partition coefficient (Wildman–Crippen LogP) is 3.85. The molecule has 1 amide bonds. The molecular formula is C21H19FN4O3. The molecular weight excluding hydrogens is 375 g/mol. The van der Waals surface area contributed by atoms with Crippen LogP contribution in [0.15, 0.2) is 53.2 Å². The average molecular weight is 394 g/mol. The van der Waals surface area contributed by atoms with Crippen molar-refractivity contribution in [3.8, 4) is 5.75 Å². The molecule has 0 bridgehead atoms. The van der Waals surface area contributed by atoms with Gasteiger partial charge in [-0.15, -0.1) is 0 Å². The molecule has 148 valence electrons. The lowest BCUT2D eigenvalue weighted by atomic mass is 10.2. The fraction of sp³-hybridized carbons (Fsp3) is 0.190. The van der Waals surface area contributed by atoms with E-state index in [0.29, 0.717) is 18.1 Å². The van der Waals surface area contributed by atoms with Crippen molar-refractivity contribution < 1.29 is 18.4 Å². The SMILES string of the molecule is Cc1ccc(OCc2cc(C(=O)N(C)Cc3cc4cc(F)ccc4[nH]3)no2)cn1. The number of aromatic amines is 1. The van der Waals surface area contributed by atoms with Crippen molar-refractivity contribution in [1.29, 1.82) is 0 Å². The van der Waals surface area contributed by atoms with Crippen molar-refractivity contribution in [3.05, 3.63) is 77.3 Å². The van der Waals surface area contributed by atoms with Crippen molar-refractivity contribution >= 4 is 16.8 Å². The maximum atomic E-state index is 13.3. The summed E-state index contributed by atoms with van der Waals surface area (Å²) < 4.78 is 24.1. The molecule has 0 atom stereocenters. The quantitative estimate of drug-likeness (QED) is 0.537. The molecule has 4 aromatic rings. The van der Waals surface area contributed by atoms with Crippen molar-refractivity contribution in [2.45, 2.75) is 20.1 Å². The molecule has 0 unspecified atom stereocenters. The summed E-state index contributed by atoms with van der Waals surface area (Å²) in [5, 5.41) is 4.59. The molecule has 1 aromatic carbocycles. The van der Waals surface area contributed by atoms with Crippen LogP contribution in [0.4, 0.5) is 4.39 Å². The van der Waals surface area contributed by atoms with Crippen LogP contribution in [0.5, 0.6) is 5.75 Å². The number of H-pyrrole nitrogens is 1. The van der Waals surface area contributed by atoms with Crippen molar-refractivity contribution in [3.63, 3.8) is 0 Å². The van der Waals surface area contributed by atoms with E-state index in [2.05, 4.69) is 15.1 Å². The molecule has 0 aliphatic carbocycles. The molecule has 0 saturated heterocycles. The number of rotatable bonds is 6. The third-order valence-corrected chi connectivity index (χ3v) is 4.44. The first-order chi connectivity index (χ1) is 14.0.